The van der Waals surface area contributed by atoms with Gasteiger partial charge in [0.1, 0.15) is 11.8 Å². The molecule has 0 bridgehead atoms. The second kappa shape index (κ2) is 9.87. The number of methoxy groups -OCH3 is 1. The van der Waals surface area contributed by atoms with Crippen LogP contribution in [-0.2, 0) is 13.9 Å². The Balaban J connectivity index is 1.41. The van der Waals surface area contributed by atoms with Gasteiger partial charge in [0.15, 0.2) is 11.2 Å². The summed E-state index contributed by atoms with van der Waals surface area (Å²) in [5.41, 5.74) is 6.89. The number of fused-ring (bicyclic) bond motifs is 1. The van der Waals surface area contributed by atoms with Gasteiger partial charge in [0.2, 0.25) is 11.8 Å². The fourth-order valence-electron chi connectivity index (χ4n) is 3.60. The third-order valence-corrected chi connectivity index (χ3v) is 7.62. The summed E-state index contributed by atoms with van der Waals surface area (Å²) in [5.74, 6) is -0.401. The smallest absolute Gasteiger partial charge is 0.459 e. The number of carboxylic acid groups (broad SMARTS) is 1. The number of halogens is 1. The molecule has 4 rings (SSSR count). The van der Waals surface area contributed by atoms with Gasteiger partial charge in [-0.2, -0.15) is 15.1 Å². The molecule has 1 aliphatic rings. The first-order chi connectivity index (χ1) is 16.2. The van der Waals surface area contributed by atoms with Crippen LogP contribution < -0.4 is 20.1 Å². The number of rotatable bonds is 10. The van der Waals surface area contributed by atoms with Crippen LogP contribution in [0.3, 0.4) is 0 Å². The molecule has 0 radical (unpaired) electrons. The number of hydrogen-bond donors (Lipinski definition) is 3. The Morgan fingerprint density at radius 3 is 2.71 bits per heavy atom. The van der Waals surface area contributed by atoms with Gasteiger partial charge >= 0.3 is 13.7 Å². The van der Waals surface area contributed by atoms with Crippen molar-refractivity contribution >= 4 is 46.8 Å². The van der Waals surface area contributed by atoms with Crippen molar-refractivity contribution in [2.24, 2.45) is 5.92 Å². The van der Waals surface area contributed by atoms with E-state index >= 15 is 0 Å². The Morgan fingerprint density at radius 1 is 1.35 bits per heavy atom. The van der Waals surface area contributed by atoms with Crippen LogP contribution in [0.4, 0.5) is 5.95 Å². The lowest BCUT2D eigenvalue weighted by Crippen LogP contribution is -2.35. The largest absolute Gasteiger partial charge is 0.480 e. The third-order valence-electron chi connectivity index (χ3n) is 5.45. The summed E-state index contributed by atoms with van der Waals surface area (Å²) in [6, 6.07) is 5.62. The van der Waals surface area contributed by atoms with Gasteiger partial charge in [-0.3, -0.25) is 9.32 Å². The van der Waals surface area contributed by atoms with Crippen LogP contribution in [0.2, 0.25) is 0 Å². The van der Waals surface area contributed by atoms with Gasteiger partial charge in [-0.1, -0.05) is 15.9 Å². The van der Waals surface area contributed by atoms with Crippen molar-refractivity contribution < 1.29 is 28.3 Å². The van der Waals surface area contributed by atoms with Crippen LogP contribution in [0.25, 0.3) is 11.2 Å². The molecule has 3 aromatic rings. The highest BCUT2D eigenvalue weighted by atomic mass is 79.9. The van der Waals surface area contributed by atoms with Gasteiger partial charge in [-0.25, -0.2) is 9.55 Å². The lowest BCUT2D eigenvalue weighted by atomic mass is 9.81. The average Bonchev–Trinajstić information content (AvgIpc) is 3.17. The van der Waals surface area contributed by atoms with Crippen molar-refractivity contribution in [1.29, 1.82) is 0 Å². The lowest BCUT2D eigenvalue weighted by molar-refractivity contribution is -0.138. The molecule has 2 atom stereocenters. The summed E-state index contributed by atoms with van der Waals surface area (Å²) in [6.07, 6.45) is 3.09. The molecular formula is C20H24BrN6O6P. The number of hydrogen-bond acceptors (Lipinski definition) is 9. The Labute approximate surface area is 203 Å². The molecule has 1 saturated carbocycles. The molecule has 2 unspecified atom stereocenters. The standard InChI is InChI=1S/C20H24BrN6O6P/c1-11(19(28)29)26-34(30,33-15-5-3-13(21)4-6-15)32-9-12-7-14(8-12)27-10-23-16-17(27)24-20(22)25-18(16)31-2/h3-6,10-12,14H,7-9H2,1-2H3,(H,26,30)(H,28,29)(H2,22,24,25)/t11?,12-,14+,34?. The molecule has 1 fully saturated rings. The lowest BCUT2D eigenvalue weighted by Gasteiger charge is -2.36. The van der Waals surface area contributed by atoms with Crippen molar-refractivity contribution in [3.63, 3.8) is 0 Å². The number of nitrogens with two attached hydrogens (primary N) is 1. The second-order valence-electron chi connectivity index (χ2n) is 7.93. The summed E-state index contributed by atoms with van der Waals surface area (Å²) in [7, 11) is -2.46. The van der Waals surface area contributed by atoms with Crippen molar-refractivity contribution in [3.05, 3.63) is 35.1 Å². The molecule has 0 spiro atoms. The van der Waals surface area contributed by atoms with E-state index < -0.39 is 19.8 Å². The van der Waals surface area contributed by atoms with Crippen molar-refractivity contribution in [2.45, 2.75) is 31.8 Å². The molecule has 12 nitrogen and oxygen atoms in total. The Hall–Kier alpha value is -2.73. The summed E-state index contributed by atoms with van der Waals surface area (Å²) in [5, 5.41) is 11.7. The first-order valence-corrected chi connectivity index (χ1v) is 12.8. The van der Waals surface area contributed by atoms with Crippen LogP contribution in [0.15, 0.2) is 35.1 Å². The van der Waals surface area contributed by atoms with E-state index in [1.165, 1.54) is 14.0 Å². The number of aliphatic carboxylic acids is 1. The normalized spacial score (nSPS) is 20.3. The molecule has 0 amide bonds. The maximum Gasteiger partial charge on any atom is 0.459 e. The number of carboxylic acids is 1. The van der Waals surface area contributed by atoms with E-state index in [1.54, 1.807) is 30.6 Å². The van der Waals surface area contributed by atoms with Crippen LogP contribution in [0, 0.1) is 5.92 Å². The zero-order chi connectivity index (χ0) is 24.5. The van der Waals surface area contributed by atoms with E-state index in [-0.39, 0.29) is 24.5 Å². The number of nitrogens with one attached hydrogen (secondary N) is 1. The van der Waals surface area contributed by atoms with Crippen molar-refractivity contribution in [2.75, 3.05) is 19.5 Å². The number of ether oxygens (including phenoxy) is 1. The number of aromatic nitrogens is 4. The molecule has 2 heterocycles. The molecule has 0 aliphatic heterocycles. The third kappa shape index (κ3) is 5.33. The molecule has 4 N–H and O–H groups in total. The summed E-state index contributed by atoms with van der Waals surface area (Å²) >= 11 is 3.32. The highest BCUT2D eigenvalue weighted by Crippen LogP contribution is 2.48. The first-order valence-electron chi connectivity index (χ1n) is 10.4. The molecule has 14 heteroatoms. The first kappa shape index (κ1) is 24.4. The van der Waals surface area contributed by atoms with E-state index in [0.717, 1.165) is 4.47 Å². The SMILES string of the molecule is COc1nc(N)nc2c1ncn2[C@H]1C[C@@H](COP(=O)(NC(C)C(=O)O)Oc2ccc(Br)cc2)C1. The monoisotopic (exact) mass is 554 g/mol. The van der Waals surface area contributed by atoms with E-state index in [4.69, 9.17) is 19.5 Å². The molecule has 34 heavy (non-hydrogen) atoms. The van der Waals surface area contributed by atoms with Gasteiger partial charge in [0, 0.05) is 10.5 Å². The fraction of sp³-hybridized carbons (Fsp3) is 0.400. The van der Waals surface area contributed by atoms with E-state index in [1.807, 2.05) is 4.57 Å². The predicted molar refractivity (Wildman–Crippen MR) is 127 cm³/mol. The van der Waals surface area contributed by atoms with Crippen molar-refractivity contribution in [1.82, 2.24) is 24.6 Å². The number of benzene rings is 1. The molecule has 182 valence electrons. The molecule has 0 saturated heterocycles. The minimum atomic E-state index is -3.95. The Bertz CT molecular complexity index is 1230. The van der Waals surface area contributed by atoms with Gasteiger partial charge in [0.25, 0.3) is 0 Å². The summed E-state index contributed by atoms with van der Waals surface area (Å²) < 4.78 is 32.5. The maximum absolute atomic E-state index is 13.3. The number of imidazole rings is 1. The maximum atomic E-state index is 13.3. The van der Waals surface area contributed by atoms with Crippen LogP contribution >= 0.6 is 23.7 Å². The molecule has 1 aliphatic carbocycles. The minimum Gasteiger partial charge on any atom is -0.480 e. The Kier molecular flexibility index (Phi) is 7.08. The Morgan fingerprint density at radius 2 is 2.06 bits per heavy atom. The topological polar surface area (TPSA) is 164 Å². The molecular weight excluding hydrogens is 531 g/mol. The van der Waals surface area contributed by atoms with E-state index in [2.05, 4.69) is 36.0 Å². The average molecular weight is 555 g/mol. The van der Waals surface area contributed by atoms with Crippen LogP contribution in [-0.4, -0.2) is 50.4 Å². The van der Waals surface area contributed by atoms with Gasteiger partial charge in [0.05, 0.1) is 20.0 Å². The second-order valence-corrected chi connectivity index (χ2v) is 10.5. The number of nitrogen functional groups attached to an aromatic ring is 1. The van der Waals surface area contributed by atoms with Crippen LogP contribution in [0.5, 0.6) is 11.6 Å². The van der Waals surface area contributed by atoms with Crippen LogP contribution in [0.1, 0.15) is 25.8 Å². The van der Waals surface area contributed by atoms with Gasteiger partial charge in [-0.15, -0.1) is 0 Å². The summed E-state index contributed by atoms with van der Waals surface area (Å²) in [4.78, 5) is 23.9. The van der Waals surface area contributed by atoms with Gasteiger partial charge < -0.3 is 24.7 Å². The van der Waals surface area contributed by atoms with Crippen molar-refractivity contribution in [3.8, 4) is 11.6 Å². The number of carbonyl (C=O) groups is 1. The van der Waals surface area contributed by atoms with E-state index in [9.17, 15) is 14.5 Å². The number of nitrogens with zero attached hydrogens (tertiary/aromatic N) is 4. The molecule has 1 aromatic carbocycles. The highest BCUT2D eigenvalue weighted by molar-refractivity contribution is 9.10. The highest BCUT2D eigenvalue weighted by Gasteiger charge is 2.37. The zero-order valence-corrected chi connectivity index (χ0v) is 20.9. The molecule has 2 aromatic heterocycles. The minimum absolute atomic E-state index is 0.0762. The quantitative estimate of drug-likeness (QED) is 0.314. The fourth-order valence-corrected chi connectivity index (χ4v) is 5.44. The zero-order valence-electron chi connectivity index (χ0n) is 18.4. The number of anilines is 1. The van der Waals surface area contributed by atoms with E-state index in [0.29, 0.717) is 35.6 Å². The summed E-state index contributed by atoms with van der Waals surface area (Å²) in [6.45, 7) is 1.49. The van der Waals surface area contributed by atoms with Gasteiger partial charge in [-0.05, 0) is 49.9 Å². The predicted octanol–water partition coefficient (Wildman–Crippen LogP) is 3.40.